The molecule has 0 saturated heterocycles. The van der Waals surface area contributed by atoms with Crippen LogP contribution in [0.1, 0.15) is 20.7 Å². The molecule has 0 aliphatic rings. The van der Waals surface area contributed by atoms with Gasteiger partial charge in [-0.25, -0.2) is 4.39 Å². The number of nitrogens with one attached hydrogen (secondary N) is 2. The van der Waals surface area contributed by atoms with Gasteiger partial charge in [0.25, 0.3) is 11.8 Å². The molecule has 3 aromatic rings. The fraction of sp³-hybridized carbons (Fsp3) is 0.0909. The molecule has 3 rings (SSSR count). The third-order valence-electron chi connectivity index (χ3n) is 4.11. The number of nitrogens with zero attached hydrogens (tertiary/aromatic N) is 1. The minimum absolute atomic E-state index is 0.210. The third-order valence-corrected chi connectivity index (χ3v) is 4.11. The Bertz CT molecular complexity index is 1000. The largest absolute Gasteiger partial charge is 0.375 e. The lowest BCUT2D eigenvalue weighted by Crippen LogP contribution is -2.15. The van der Waals surface area contributed by atoms with Crippen molar-refractivity contribution in [1.29, 1.82) is 0 Å². The van der Waals surface area contributed by atoms with Gasteiger partial charge in [-0.1, -0.05) is 24.3 Å². The number of rotatable bonds is 5. The first-order valence-electron chi connectivity index (χ1n) is 8.69. The number of benzene rings is 3. The van der Waals surface area contributed by atoms with E-state index in [1.54, 1.807) is 79.7 Å². The number of halogens is 1. The van der Waals surface area contributed by atoms with Crippen LogP contribution in [0, 0.1) is 5.82 Å². The Hall–Kier alpha value is -3.67. The van der Waals surface area contributed by atoms with E-state index in [1.807, 2.05) is 6.07 Å². The molecule has 0 atom stereocenters. The standard InChI is InChI=1S/C22H20FN3O2/c1-26(2)20-12-11-16(13-19(20)23)22(28)25-18-10-6-9-17(14-18)24-21(27)15-7-4-3-5-8-15/h3-14H,1-2H3,(H,24,27)(H,25,28). The summed E-state index contributed by atoms with van der Waals surface area (Å²) in [6, 6.07) is 19.9. The van der Waals surface area contributed by atoms with Gasteiger partial charge in [-0.3, -0.25) is 9.59 Å². The van der Waals surface area contributed by atoms with E-state index >= 15 is 0 Å². The molecule has 0 spiro atoms. The summed E-state index contributed by atoms with van der Waals surface area (Å²) in [6.45, 7) is 0. The Labute approximate surface area is 162 Å². The highest BCUT2D eigenvalue weighted by atomic mass is 19.1. The number of amides is 2. The van der Waals surface area contributed by atoms with Crippen LogP contribution in [-0.2, 0) is 0 Å². The van der Waals surface area contributed by atoms with Gasteiger partial charge >= 0.3 is 0 Å². The highest BCUT2D eigenvalue weighted by Gasteiger charge is 2.12. The summed E-state index contributed by atoms with van der Waals surface area (Å²) in [5.41, 5.74) is 2.19. The summed E-state index contributed by atoms with van der Waals surface area (Å²) in [7, 11) is 3.46. The SMILES string of the molecule is CN(C)c1ccc(C(=O)Nc2cccc(NC(=O)c3ccccc3)c2)cc1F. The minimum atomic E-state index is -0.471. The quantitative estimate of drug-likeness (QED) is 0.693. The molecule has 6 heteroatoms. The van der Waals surface area contributed by atoms with E-state index in [4.69, 9.17) is 0 Å². The van der Waals surface area contributed by atoms with Gasteiger partial charge in [-0.05, 0) is 48.5 Å². The molecule has 0 heterocycles. The second-order valence-electron chi connectivity index (χ2n) is 6.42. The normalized spacial score (nSPS) is 10.2. The number of hydrogen-bond acceptors (Lipinski definition) is 3. The zero-order chi connectivity index (χ0) is 20.1. The lowest BCUT2D eigenvalue weighted by Gasteiger charge is -2.14. The highest BCUT2D eigenvalue weighted by molar-refractivity contribution is 6.06. The topological polar surface area (TPSA) is 61.4 Å². The van der Waals surface area contributed by atoms with Gasteiger partial charge in [0.1, 0.15) is 5.82 Å². The average Bonchev–Trinajstić information content (AvgIpc) is 2.68. The number of hydrogen-bond donors (Lipinski definition) is 2. The van der Waals surface area contributed by atoms with Gasteiger partial charge in [0.05, 0.1) is 5.69 Å². The van der Waals surface area contributed by atoms with E-state index in [-0.39, 0.29) is 11.5 Å². The van der Waals surface area contributed by atoms with Gasteiger partial charge in [-0.2, -0.15) is 0 Å². The molecule has 0 fully saturated rings. The molecule has 3 aromatic carbocycles. The van der Waals surface area contributed by atoms with Crippen molar-refractivity contribution in [2.24, 2.45) is 0 Å². The molecule has 142 valence electrons. The van der Waals surface area contributed by atoms with E-state index in [2.05, 4.69) is 10.6 Å². The fourth-order valence-corrected chi connectivity index (χ4v) is 2.68. The molecule has 5 nitrogen and oxygen atoms in total. The van der Waals surface area contributed by atoms with E-state index in [1.165, 1.54) is 6.07 Å². The lowest BCUT2D eigenvalue weighted by molar-refractivity contribution is 0.101. The number of carbonyl (C=O) groups excluding carboxylic acids is 2. The van der Waals surface area contributed by atoms with E-state index < -0.39 is 11.7 Å². The molecule has 0 aliphatic carbocycles. The van der Waals surface area contributed by atoms with Crippen molar-refractivity contribution in [2.45, 2.75) is 0 Å². The summed E-state index contributed by atoms with van der Waals surface area (Å²) < 4.78 is 14.1. The first-order chi connectivity index (χ1) is 13.4. The van der Waals surface area contributed by atoms with Crippen molar-refractivity contribution in [1.82, 2.24) is 0 Å². The van der Waals surface area contributed by atoms with Crippen molar-refractivity contribution >= 4 is 28.9 Å². The predicted octanol–water partition coefficient (Wildman–Crippen LogP) is 4.40. The molecule has 2 amide bonds. The molecular formula is C22H20FN3O2. The average molecular weight is 377 g/mol. The Kier molecular flexibility index (Phi) is 5.69. The maximum atomic E-state index is 14.1. The highest BCUT2D eigenvalue weighted by Crippen LogP contribution is 2.20. The summed E-state index contributed by atoms with van der Waals surface area (Å²) in [4.78, 5) is 26.3. The maximum Gasteiger partial charge on any atom is 0.255 e. The van der Waals surface area contributed by atoms with Crippen LogP contribution in [0.5, 0.6) is 0 Å². The Morgan fingerprint density at radius 1 is 0.750 bits per heavy atom. The molecule has 28 heavy (non-hydrogen) atoms. The predicted molar refractivity (Wildman–Crippen MR) is 110 cm³/mol. The number of carbonyl (C=O) groups is 2. The van der Waals surface area contributed by atoms with Crippen molar-refractivity contribution in [3.63, 3.8) is 0 Å². The van der Waals surface area contributed by atoms with Crippen LogP contribution in [-0.4, -0.2) is 25.9 Å². The van der Waals surface area contributed by atoms with Crippen LogP contribution in [0.3, 0.4) is 0 Å². The summed E-state index contributed by atoms with van der Waals surface area (Å²) in [5, 5.41) is 5.50. The van der Waals surface area contributed by atoms with Gasteiger partial charge < -0.3 is 15.5 Å². The van der Waals surface area contributed by atoms with Crippen LogP contribution < -0.4 is 15.5 Å². The third kappa shape index (κ3) is 4.54. The van der Waals surface area contributed by atoms with E-state index in [0.717, 1.165) is 0 Å². The summed E-state index contributed by atoms with van der Waals surface area (Å²) in [6.07, 6.45) is 0. The molecular weight excluding hydrogens is 357 g/mol. The first kappa shape index (κ1) is 19.1. The minimum Gasteiger partial charge on any atom is -0.375 e. The Morgan fingerprint density at radius 3 is 1.93 bits per heavy atom. The van der Waals surface area contributed by atoms with Crippen molar-refractivity contribution in [3.05, 3.63) is 89.7 Å². The molecule has 0 aromatic heterocycles. The monoisotopic (exact) mass is 377 g/mol. The van der Waals surface area contributed by atoms with Crippen LogP contribution >= 0.6 is 0 Å². The van der Waals surface area contributed by atoms with Gasteiger partial charge in [0, 0.05) is 36.6 Å². The zero-order valence-corrected chi connectivity index (χ0v) is 15.6. The molecule has 0 bridgehead atoms. The summed E-state index contributed by atoms with van der Waals surface area (Å²) in [5.74, 6) is -1.15. The molecule has 0 saturated carbocycles. The number of anilines is 3. The molecule has 0 unspecified atom stereocenters. The van der Waals surface area contributed by atoms with E-state index in [0.29, 0.717) is 22.6 Å². The zero-order valence-electron chi connectivity index (χ0n) is 15.6. The second kappa shape index (κ2) is 8.35. The van der Waals surface area contributed by atoms with Crippen LogP contribution in [0.4, 0.5) is 21.5 Å². The van der Waals surface area contributed by atoms with Crippen LogP contribution in [0.2, 0.25) is 0 Å². The Balaban J connectivity index is 1.71. The maximum absolute atomic E-state index is 14.1. The van der Waals surface area contributed by atoms with Crippen LogP contribution in [0.25, 0.3) is 0 Å². The fourth-order valence-electron chi connectivity index (χ4n) is 2.68. The molecule has 0 aliphatic heterocycles. The van der Waals surface area contributed by atoms with Gasteiger partial charge in [0.15, 0.2) is 0 Å². The molecule has 2 N–H and O–H groups in total. The van der Waals surface area contributed by atoms with Gasteiger partial charge in [-0.15, -0.1) is 0 Å². The van der Waals surface area contributed by atoms with Crippen molar-refractivity contribution in [3.8, 4) is 0 Å². The second-order valence-corrected chi connectivity index (χ2v) is 6.42. The van der Waals surface area contributed by atoms with E-state index in [9.17, 15) is 14.0 Å². The first-order valence-corrected chi connectivity index (χ1v) is 8.69. The smallest absolute Gasteiger partial charge is 0.255 e. The van der Waals surface area contributed by atoms with Crippen molar-refractivity contribution < 1.29 is 14.0 Å². The van der Waals surface area contributed by atoms with Crippen LogP contribution in [0.15, 0.2) is 72.8 Å². The van der Waals surface area contributed by atoms with Crippen molar-refractivity contribution in [2.75, 3.05) is 29.6 Å². The summed E-state index contributed by atoms with van der Waals surface area (Å²) >= 11 is 0. The van der Waals surface area contributed by atoms with Gasteiger partial charge in [0.2, 0.25) is 0 Å². The molecule has 0 radical (unpaired) electrons. The Morgan fingerprint density at radius 2 is 1.36 bits per heavy atom. The lowest BCUT2D eigenvalue weighted by atomic mass is 10.1.